The molecule has 0 spiro atoms. The first-order valence-corrected chi connectivity index (χ1v) is 6.42. The van der Waals surface area contributed by atoms with E-state index in [-0.39, 0.29) is 11.1 Å². The Morgan fingerprint density at radius 1 is 1.56 bits per heavy atom. The van der Waals surface area contributed by atoms with E-state index in [1.807, 2.05) is 6.08 Å². The zero-order valence-corrected chi connectivity index (χ0v) is 12.1. The molecule has 3 nitrogen and oxygen atoms in total. The number of allylic oxidation sites excluding steroid dienone is 1. The van der Waals surface area contributed by atoms with E-state index in [9.17, 15) is 4.79 Å². The number of nitrogens with zero attached hydrogens (tertiary/aromatic N) is 2. The molecule has 0 radical (unpaired) electrons. The van der Waals surface area contributed by atoms with Gasteiger partial charge in [-0.2, -0.15) is 0 Å². The monoisotopic (exact) mass is 286 g/mol. The van der Waals surface area contributed by atoms with Crippen molar-refractivity contribution >= 4 is 29.1 Å². The van der Waals surface area contributed by atoms with E-state index in [1.165, 1.54) is 0 Å². The van der Waals surface area contributed by atoms with Gasteiger partial charge in [-0.1, -0.05) is 29.3 Å². The van der Waals surface area contributed by atoms with Crippen LogP contribution >= 0.6 is 23.2 Å². The molecule has 5 heteroatoms. The number of pyridine rings is 1. The highest BCUT2D eigenvalue weighted by molar-refractivity contribution is 6.34. The van der Waals surface area contributed by atoms with Gasteiger partial charge in [0.25, 0.3) is 5.91 Å². The van der Waals surface area contributed by atoms with Crippen molar-refractivity contribution in [3.63, 3.8) is 0 Å². The number of unbranched alkanes of at least 4 members (excludes halogenated alkanes) is 1. The molecule has 0 unspecified atom stereocenters. The second-order valence-electron chi connectivity index (χ2n) is 4.09. The van der Waals surface area contributed by atoms with Crippen molar-refractivity contribution in [1.29, 1.82) is 0 Å². The minimum absolute atomic E-state index is 0.134. The molecular weight excluding hydrogens is 271 g/mol. The summed E-state index contributed by atoms with van der Waals surface area (Å²) < 4.78 is 0. The van der Waals surface area contributed by atoms with Crippen LogP contribution in [0.1, 0.15) is 28.8 Å². The van der Waals surface area contributed by atoms with E-state index >= 15 is 0 Å². The number of halogens is 2. The summed E-state index contributed by atoms with van der Waals surface area (Å²) in [5.41, 5.74) is 1.16. The number of aromatic nitrogens is 1. The molecule has 0 aliphatic carbocycles. The summed E-state index contributed by atoms with van der Waals surface area (Å²) in [5, 5.41) is 0.448. The quantitative estimate of drug-likeness (QED) is 0.469. The van der Waals surface area contributed by atoms with E-state index in [0.29, 0.717) is 17.3 Å². The zero-order valence-electron chi connectivity index (χ0n) is 10.5. The van der Waals surface area contributed by atoms with Crippen LogP contribution < -0.4 is 0 Å². The van der Waals surface area contributed by atoms with Crippen molar-refractivity contribution in [1.82, 2.24) is 9.88 Å². The Kier molecular flexibility index (Phi) is 5.63. The number of carbonyl (C=O) groups excluding carboxylic acids is 1. The fourth-order valence-corrected chi connectivity index (χ4v) is 2.23. The second-order valence-corrected chi connectivity index (χ2v) is 4.83. The molecule has 0 bridgehead atoms. The van der Waals surface area contributed by atoms with Crippen LogP contribution in [-0.4, -0.2) is 29.4 Å². The fourth-order valence-electron chi connectivity index (χ4n) is 1.62. The Morgan fingerprint density at radius 3 is 2.78 bits per heavy atom. The van der Waals surface area contributed by atoms with Crippen LogP contribution in [0.15, 0.2) is 18.7 Å². The van der Waals surface area contributed by atoms with Gasteiger partial charge in [0.2, 0.25) is 0 Å². The summed E-state index contributed by atoms with van der Waals surface area (Å²) in [4.78, 5) is 17.8. The lowest BCUT2D eigenvalue weighted by Gasteiger charge is -2.18. The first-order valence-electron chi connectivity index (χ1n) is 5.66. The predicted octanol–water partition coefficient (Wildman–Crippen LogP) is 3.74. The first-order chi connectivity index (χ1) is 8.47. The van der Waals surface area contributed by atoms with Crippen LogP contribution in [0, 0.1) is 6.92 Å². The lowest BCUT2D eigenvalue weighted by atomic mass is 10.1. The van der Waals surface area contributed by atoms with Crippen molar-refractivity contribution in [2.45, 2.75) is 19.8 Å². The van der Waals surface area contributed by atoms with Gasteiger partial charge in [-0.05, 0) is 31.4 Å². The summed E-state index contributed by atoms with van der Waals surface area (Å²) in [6, 6.07) is 1.64. The Morgan fingerprint density at radius 2 is 2.22 bits per heavy atom. The van der Waals surface area contributed by atoms with Crippen LogP contribution in [0.25, 0.3) is 0 Å². The van der Waals surface area contributed by atoms with Gasteiger partial charge in [0.1, 0.15) is 10.3 Å². The van der Waals surface area contributed by atoms with Gasteiger partial charge >= 0.3 is 0 Å². The summed E-state index contributed by atoms with van der Waals surface area (Å²) >= 11 is 11.8. The van der Waals surface area contributed by atoms with Crippen LogP contribution in [0.3, 0.4) is 0 Å². The molecule has 0 aliphatic rings. The van der Waals surface area contributed by atoms with E-state index < -0.39 is 0 Å². The largest absolute Gasteiger partial charge is 0.342 e. The van der Waals surface area contributed by atoms with Crippen molar-refractivity contribution in [2.75, 3.05) is 13.6 Å². The van der Waals surface area contributed by atoms with Crippen LogP contribution in [0.4, 0.5) is 0 Å². The first kappa shape index (κ1) is 15.0. The third kappa shape index (κ3) is 3.72. The van der Waals surface area contributed by atoms with Gasteiger partial charge in [-0.3, -0.25) is 4.79 Å². The van der Waals surface area contributed by atoms with E-state index in [1.54, 1.807) is 24.9 Å². The van der Waals surface area contributed by atoms with Crippen molar-refractivity contribution in [3.05, 3.63) is 40.2 Å². The molecule has 1 aromatic rings. The van der Waals surface area contributed by atoms with Gasteiger partial charge in [0, 0.05) is 13.6 Å². The highest BCUT2D eigenvalue weighted by atomic mass is 35.5. The van der Waals surface area contributed by atoms with Crippen molar-refractivity contribution in [3.8, 4) is 0 Å². The van der Waals surface area contributed by atoms with Gasteiger partial charge < -0.3 is 4.90 Å². The Labute approximate surface area is 117 Å². The zero-order chi connectivity index (χ0) is 13.7. The average molecular weight is 287 g/mol. The molecule has 0 saturated carbocycles. The average Bonchev–Trinajstić information content (AvgIpc) is 2.27. The van der Waals surface area contributed by atoms with Crippen LogP contribution in [0.2, 0.25) is 10.3 Å². The summed E-state index contributed by atoms with van der Waals surface area (Å²) in [6.45, 7) is 6.10. The SMILES string of the molecule is C=CCCCN(C)C(=O)c1c(C)cc(Cl)nc1Cl. The maximum atomic E-state index is 12.2. The number of carbonyl (C=O) groups is 1. The molecule has 18 heavy (non-hydrogen) atoms. The number of rotatable bonds is 5. The lowest BCUT2D eigenvalue weighted by Crippen LogP contribution is -2.28. The molecule has 1 heterocycles. The minimum Gasteiger partial charge on any atom is -0.342 e. The third-order valence-corrected chi connectivity index (χ3v) is 3.07. The molecule has 1 aromatic heterocycles. The fraction of sp³-hybridized carbons (Fsp3) is 0.385. The topological polar surface area (TPSA) is 33.2 Å². The summed E-state index contributed by atoms with van der Waals surface area (Å²) in [7, 11) is 1.75. The molecular formula is C13H16Cl2N2O. The number of hydrogen-bond donors (Lipinski definition) is 0. The molecule has 0 aliphatic heterocycles. The van der Waals surface area contributed by atoms with Gasteiger partial charge in [0.15, 0.2) is 0 Å². The van der Waals surface area contributed by atoms with Gasteiger partial charge in [0.05, 0.1) is 5.56 Å². The molecule has 0 N–H and O–H groups in total. The van der Waals surface area contributed by atoms with Gasteiger partial charge in [-0.25, -0.2) is 4.98 Å². The third-order valence-electron chi connectivity index (χ3n) is 2.60. The molecule has 1 rings (SSSR count). The predicted molar refractivity (Wildman–Crippen MR) is 75.4 cm³/mol. The normalized spacial score (nSPS) is 10.2. The maximum Gasteiger partial charge on any atom is 0.256 e. The smallest absolute Gasteiger partial charge is 0.256 e. The molecule has 0 aromatic carbocycles. The molecule has 0 atom stereocenters. The number of hydrogen-bond acceptors (Lipinski definition) is 2. The minimum atomic E-state index is -0.134. The van der Waals surface area contributed by atoms with Crippen LogP contribution in [0.5, 0.6) is 0 Å². The molecule has 0 fully saturated rings. The van der Waals surface area contributed by atoms with Gasteiger partial charge in [-0.15, -0.1) is 6.58 Å². The summed E-state index contributed by atoms with van der Waals surface area (Å²) in [5.74, 6) is -0.134. The maximum absolute atomic E-state index is 12.2. The van der Waals surface area contributed by atoms with Crippen molar-refractivity contribution < 1.29 is 4.79 Å². The van der Waals surface area contributed by atoms with Crippen LogP contribution in [-0.2, 0) is 0 Å². The lowest BCUT2D eigenvalue weighted by molar-refractivity contribution is 0.0793. The Balaban J connectivity index is 2.86. The highest BCUT2D eigenvalue weighted by Crippen LogP contribution is 2.22. The van der Waals surface area contributed by atoms with E-state index in [2.05, 4.69) is 11.6 Å². The van der Waals surface area contributed by atoms with Crippen molar-refractivity contribution in [2.24, 2.45) is 0 Å². The van der Waals surface area contributed by atoms with E-state index in [4.69, 9.17) is 23.2 Å². The van der Waals surface area contributed by atoms with E-state index in [0.717, 1.165) is 18.4 Å². The highest BCUT2D eigenvalue weighted by Gasteiger charge is 2.19. The summed E-state index contributed by atoms with van der Waals surface area (Å²) in [6.07, 6.45) is 3.59. The number of amides is 1. The molecule has 98 valence electrons. The molecule has 1 amide bonds. The Hall–Kier alpha value is -1.06. The number of aryl methyl sites for hydroxylation is 1. The second kappa shape index (κ2) is 6.76. The molecule has 0 saturated heterocycles. The standard InChI is InChI=1S/C13H16Cl2N2O/c1-4-5-6-7-17(3)13(18)11-9(2)8-10(14)16-12(11)15/h4,8H,1,5-7H2,2-3H3. The Bertz CT molecular complexity index is 437.